The Kier molecular flexibility index (Phi) is 4.41. The molecule has 2 fully saturated rings. The van der Waals surface area contributed by atoms with Crippen LogP contribution in [0.15, 0.2) is 40.9 Å². The Morgan fingerprint density at radius 3 is 2.46 bits per heavy atom. The normalized spacial score (nSPS) is 19.0. The predicted molar refractivity (Wildman–Crippen MR) is 99.3 cm³/mol. The van der Waals surface area contributed by atoms with Gasteiger partial charge >= 0.3 is 6.03 Å². The molecule has 1 aromatic carbocycles. The van der Waals surface area contributed by atoms with Gasteiger partial charge in [-0.2, -0.15) is 0 Å². The first-order chi connectivity index (χ1) is 13.4. The molecule has 3 heterocycles. The van der Waals surface area contributed by atoms with E-state index in [2.05, 4.69) is 5.16 Å². The lowest BCUT2D eigenvalue weighted by atomic mass is 9.85. The lowest BCUT2D eigenvalue weighted by molar-refractivity contribution is -0.134. The Bertz CT molecular complexity index is 915. The summed E-state index contributed by atoms with van der Waals surface area (Å²) in [5.74, 6) is 0.160. The zero-order valence-electron chi connectivity index (χ0n) is 15.9. The highest BCUT2D eigenvalue weighted by Gasteiger charge is 2.57. The number of likely N-dealkylation sites (N-methyl/N-ethyl adjacent to an activating group) is 1. The van der Waals surface area contributed by atoms with Crippen LogP contribution in [-0.2, 0) is 11.3 Å². The van der Waals surface area contributed by atoms with Crippen LogP contribution in [0.2, 0.25) is 0 Å². The summed E-state index contributed by atoms with van der Waals surface area (Å²) in [4.78, 5) is 42.9. The van der Waals surface area contributed by atoms with Crippen LogP contribution in [0, 0.1) is 6.92 Å². The molecule has 0 N–H and O–H groups in total. The van der Waals surface area contributed by atoms with Crippen molar-refractivity contribution < 1.29 is 18.9 Å². The number of urea groups is 1. The summed E-state index contributed by atoms with van der Waals surface area (Å²) in [6, 6.07) is 10.9. The van der Waals surface area contributed by atoms with E-state index in [0.717, 1.165) is 5.56 Å². The lowest BCUT2D eigenvalue weighted by Gasteiger charge is -2.42. The highest BCUT2D eigenvalue weighted by atomic mass is 16.5. The summed E-state index contributed by atoms with van der Waals surface area (Å²) < 4.78 is 4.99. The molecular weight excluding hydrogens is 360 g/mol. The van der Waals surface area contributed by atoms with Crippen molar-refractivity contribution >= 4 is 17.8 Å². The number of likely N-dealkylation sites (tertiary alicyclic amines) is 1. The maximum absolute atomic E-state index is 13.0. The molecule has 8 heteroatoms. The third kappa shape index (κ3) is 2.85. The second-order valence-electron chi connectivity index (χ2n) is 7.37. The topological polar surface area (TPSA) is 87.0 Å². The summed E-state index contributed by atoms with van der Waals surface area (Å²) in [6.45, 7) is 2.85. The largest absolute Gasteiger partial charge is 0.361 e. The molecule has 146 valence electrons. The second-order valence-corrected chi connectivity index (χ2v) is 7.37. The van der Waals surface area contributed by atoms with Crippen LogP contribution in [0.4, 0.5) is 4.79 Å². The smallest absolute Gasteiger partial charge is 0.327 e. The summed E-state index contributed by atoms with van der Waals surface area (Å²) >= 11 is 0. The van der Waals surface area contributed by atoms with Crippen molar-refractivity contribution in [3.8, 4) is 0 Å². The average Bonchev–Trinajstić information content (AvgIpc) is 3.22. The fraction of sp³-hybridized carbons (Fsp3) is 0.400. The molecule has 8 nitrogen and oxygen atoms in total. The highest BCUT2D eigenvalue weighted by Crippen LogP contribution is 2.38. The zero-order chi connectivity index (χ0) is 19.9. The van der Waals surface area contributed by atoms with Gasteiger partial charge < -0.3 is 14.3 Å². The molecule has 4 rings (SSSR count). The van der Waals surface area contributed by atoms with Crippen LogP contribution in [0.3, 0.4) is 0 Å². The van der Waals surface area contributed by atoms with Crippen LogP contribution in [-0.4, -0.2) is 63.4 Å². The third-order valence-electron chi connectivity index (χ3n) is 5.65. The number of aryl methyl sites for hydroxylation is 1. The number of hydrogen-bond acceptors (Lipinski definition) is 5. The number of imide groups is 1. The van der Waals surface area contributed by atoms with E-state index < -0.39 is 5.54 Å². The Balaban J connectivity index is 1.55. The number of carbonyl (C=O) groups is 3. The zero-order valence-corrected chi connectivity index (χ0v) is 15.9. The molecule has 2 aliphatic rings. The SMILES string of the molecule is Cc1cc(C(=O)N2CCC3(CC2)C(=O)N(C)C(=O)N3Cc2ccccc2)no1. The summed E-state index contributed by atoms with van der Waals surface area (Å²) in [6.07, 6.45) is 0.800. The van der Waals surface area contributed by atoms with Gasteiger partial charge in [0.25, 0.3) is 11.8 Å². The Labute approximate surface area is 162 Å². The molecule has 0 saturated carbocycles. The predicted octanol–water partition coefficient (Wildman–Crippen LogP) is 2.05. The molecule has 2 aromatic rings. The van der Waals surface area contributed by atoms with Gasteiger partial charge in [0.1, 0.15) is 11.3 Å². The van der Waals surface area contributed by atoms with E-state index in [4.69, 9.17) is 4.52 Å². The third-order valence-corrected chi connectivity index (χ3v) is 5.65. The Hall–Kier alpha value is -3.16. The van der Waals surface area contributed by atoms with Gasteiger partial charge in [0, 0.05) is 32.7 Å². The number of piperidine rings is 1. The van der Waals surface area contributed by atoms with Crippen LogP contribution >= 0.6 is 0 Å². The molecule has 1 aromatic heterocycles. The first-order valence-corrected chi connectivity index (χ1v) is 9.29. The van der Waals surface area contributed by atoms with Crippen molar-refractivity contribution in [3.63, 3.8) is 0 Å². The average molecular weight is 382 g/mol. The van der Waals surface area contributed by atoms with E-state index in [9.17, 15) is 14.4 Å². The van der Waals surface area contributed by atoms with E-state index in [1.54, 1.807) is 22.8 Å². The fourth-order valence-corrected chi connectivity index (χ4v) is 4.06. The maximum atomic E-state index is 13.0. The van der Waals surface area contributed by atoms with Crippen molar-refractivity contribution in [2.24, 2.45) is 0 Å². The standard InChI is InChI=1S/C20H22N4O4/c1-14-12-16(21-28-14)17(25)23-10-8-20(9-11-23)18(26)22(2)19(27)24(20)13-15-6-4-3-5-7-15/h3-7,12H,8-11,13H2,1-2H3. The van der Waals surface area contributed by atoms with Crippen molar-refractivity contribution in [2.45, 2.75) is 31.8 Å². The van der Waals surface area contributed by atoms with Gasteiger partial charge in [0.15, 0.2) is 5.69 Å². The van der Waals surface area contributed by atoms with Crippen LogP contribution in [0.5, 0.6) is 0 Å². The minimum atomic E-state index is -0.905. The molecule has 4 amide bonds. The Morgan fingerprint density at radius 2 is 1.86 bits per heavy atom. The maximum Gasteiger partial charge on any atom is 0.327 e. The Morgan fingerprint density at radius 1 is 1.18 bits per heavy atom. The minimum Gasteiger partial charge on any atom is -0.361 e. The molecule has 0 bridgehead atoms. The van der Waals surface area contributed by atoms with Gasteiger partial charge in [-0.05, 0) is 25.3 Å². The van der Waals surface area contributed by atoms with E-state index >= 15 is 0 Å². The number of nitrogens with zero attached hydrogens (tertiary/aromatic N) is 4. The number of amides is 4. The van der Waals surface area contributed by atoms with Crippen LogP contribution in [0.1, 0.15) is 34.7 Å². The monoisotopic (exact) mass is 382 g/mol. The van der Waals surface area contributed by atoms with E-state index in [-0.39, 0.29) is 23.5 Å². The number of carbonyl (C=O) groups excluding carboxylic acids is 3. The first kappa shape index (κ1) is 18.2. The molecule has 28 heavy (non-hydrogen) atoms. The number of aromatic nitrogens is 1. The van der Waals surface area contributed by atoms with E-state index in [1.165, 1.54) is 11.9 Å². The van der Waals surface area contributed by atoms with Crippen molar-refractivity contribution in [3.05, 3.63) is 53.4 Å². The van der Waals surface area contributed by atoms with Gasteiger partial charge in [-0.15, -0.1) is 0 Å². The fourth-order valence-electron chi connectivity index (χ4n) is 4.06. The quantitative estimate of drug-likeness (QED) is 0.759. The van der Waals surface area contributed by atoms with E-state index in [0.29, 0.717) is 38.2 Å². The molecule has 0 atom stereocenters. The van der Waals surface area contributed by atoms with Gasteiger partial charge in [-0.25, -0.2) is 4.79 Å². The molecular formula is C20H22N4O4. The number of rotatable bonds is 3. The van der Waals surface area contributed by atoms with E-state index in [1.807, 2.05) is 30.3 Å². The molecule has 1 spiro atoms. The summed E-state index contributed by atoms with van der Waals surface area (Å²) in [5, 5.41) is 3.78. The molecule has 0 radical (unpaired) electrons. The van der Waals surface area contributed by atoms with Gasteiger partial charge in [-0.3, -0.25) is 14.5 Å². The van der Waals surface area contributed by atoms with Gasteiger partial charge in [0.05, 0.1) is 0 Å². The molecule has 0 aliphatic carbocycles. The number of hydrogen-bond donors (Lipinski definition) is 0. The molecule has 0 unspecified atom stereocenters. The van der Waals surface area contributed by atoms with Crippen molar-refractivity contribution in [1.82, 2.24) is 19.9 Å². The minimum absolute atomic E-state index is 0.196. The van der Waals surface area contributed by atoms with Gasteiger partial charge in [-0.1, -0.05) is 35.5 Å². The van der Waals surface area contributed by atoms with Crippen molar-refractivity contribution in [2.75, 3.05) is 20.1 Å². The van der Waals surface area contributed by atoms with Crippen molar-refractivity contribution in [1.29, 1.82) is 0 Å². The lowest BCUT2D eigenvalue weighted by Crippen LogP contribution is -2.57. The summed E-state index contributed by atoms with van der Waals surface area (Å²) in [7, 11) is 1.52. The van der Waals surface area contributed by atoms with Crippen LogP contribution in [0.25, 0.3) is 0 Å². The van der Waals surface area contributed by atoms with Crippen LogP contribution < -0.4 is 0 Å². The second kappa shape index (κ2) is 6.78. The molecule has 2 saturated heterocycles. The summed E-state index contributed by atoms with van der Waals surface area (Å²) in [5.41, 5.74) is 0.327. The highest BCUT2D eigenvalue weighted by molar-refractivity contribution is 6.07. The molecule has 2 aliphatic heterocycles. The first-order valence-electron chi connectivity index (χ1n) is 9.29. The van der Waals surface area contributed by atoms with Gasteiger partial charge in [0.2, 0.25) is 0 Å². The number of benzene rings is 1.